The Balaban J connectivity index is 0.00000109. The number of halogens is 4. The molecule has 28 heavy (non-hydrogen) atoms. The van der Waals surface area contributed by atoms with Crippen LogP contribution in [0.4, 0.5) is 0 Å². The lowest BCUT2D eigenvalue weighted by molar-refractivity contribution is 0.513. The monoisotopic (exact) mass is 500 g/mol. The van der Waals surface area contributed by atoms with E-state index in [1.54, 1.807) is 24.4 Å². The highest BCUT2D eigenvalue weighted by atomic mass is 79.9. The molecule has 0 unspecified atom stereocenters. The molecule has 4 aromatic rings. The molecule has 0 amide bonds. The summed E-state index contributed by atoms with van der Waals surface area (Å²) >= 11 is 21.6. The molecule has 3 aromatic heterocycles. The molecule has 0 saturated carbocycles. The third-order valence-corrected chi connectivity index (χ3v) is 4.68. The third-order valence-electron chi connectivity index (χ3n) is 3.49. The summed E-state index contributed by atoms with van der Waals surface area (Å²) in [5.41, 5.74) is 0.0335. The number of aromatic nitrogens is 4. The largest absolute Gasteiger partial charge is 0.401 e. The Morgan fingerprint density at radius 1 is 1.11 bits per heavy atom. The highest BCUT2D eigenvalue weighted by Gasteiger charge is 2.19. The van der Waals surface area contributed by atoms with Crippen LogP contribution in [0.2, 0.25) is 15.1 Å². The molecule has 0 atom stereocenters. The molecular formula is C18H12BrCl3N4O2. The summed E-state index contributed by atoms with van der Waals surface area (Å²) in [6.07, 6.45) is 1.57. The minimum absolute atomic E-state index is 0.0200. The van der Waals surface area contributed by atoms with Crippen molar-refractivity contribution in [1.29, 1.82) is 0 Å². The summed E-state index contributed by atoms with van der Waals surface area (Å²) in [6.45, 7) is 4.00. The van der Waals surface area contributed by atoms with E-state index in [-0.39, 0.29) is 21.8 Å². The molecule has 0 N–H and O–H groups in total. The first-order valence-corrected chi connectivity index (χ1v) is 10.0. The van der Waals surface area contributed by atoms with Crippen LogP contribution in [0, 0.1) is 0 Å². The average molecular weight is 503 g/mol. The van der Waals surface area contributed by atoms with Gasteiger partial charge in [-0.1, -0.05) is 48.7 Å². The van der Waals surface area contributed by atoms with Crippen LogP contribution < -0.4 is 5.63 Å². The van der Waals surface area contributed by atoms with Gasteiger partial charge in [0.15, 0.2) is 5.82 Å². The van der Waals surface area contributed by atoms with Crippen LogP contribution in [-0.2, 0) is 0 Å². The Morgan fingerprint density at radius 3 is 2.57 bits per heavy atom. The zero-order valence-electron chi connectivity index (χ0n) is 14.6. The Morgan fingerprint density at radius 2 is 1.86 bits per heavy atom. The number of hydrogen-bond acceptors (Lipinski definition) is 5. The van der Waals surface area contributed by atoms with Crippen molar-refractivity contribution >= 4 is 61.6 Å². The van der Waals surface area contributed by atoms with Crippen molar-refractivity contribution in [3.8, 4) is 17.4 Å². The van der Waals surface area contributed by atoms with E-state index in [9.17, 15) is 4.79 Å². The topological polar surface area (TPSA) is 73.8 Å². The second-order valence-electron chi connectivity index (χ2n) is 5.16. The Bertz CT molecular complexity index is 1220. The van der Waals surface area contributed by atoms with E-state index in [0.29, 0.717) is 26.2 Å². The minimum atomic E-state index is -0.620. The van der Waals surface area contributed by atoms with Gasteiger partial charge in [-0.15, -0.1) is 0 Å². The van der Waals surface area contributed by atoms with Gasteiger partial charge in [-0.2, -0.15) is 5.10 Å². The summed E-state index contributed by atoms with van der Waals surface area (Å²) < 4.78 is 7.28. The van der Waals surface area contributed by atoms with Gasteiger partial charge in [0.2, 0.25) is 5.89 Å². The standard InChI is InChI=1S/C16H6BrCl3N4O2.C2H6/c17-12-6-11(24(23-12)14-9(19)2-1-3-21-14)15-22-13-8(16(25)26-15)4-7(18)5-10(13)20;1-2/h1-6H;1-2H3. The van der Waals surface area contributed by atoms with Crippen LogP contribution in [0.15, 0.2) is 50.3 Å². The maximum absolute atomic E-state index is 12.4. The smallest absolute Gasteiger partial charge is 0.347 e. The van der Waals surface area contributed by atoms with E-state index < -0.39 is 5.63 Å². The summed E-state index contributed by atoms with van der Waals surface area (Å²) in [5, 5.41) is 5.41. The van der Waals surface area contributed by atoms with Gasteiger partial charge in [-0.05, 0) is 40.2 Å². The number of benzene rings is 1. The van der Waals surface area contributed by atoms with Crippen LogP contribution in [0.25, 0.3) is 28.3 Å². The molecule has 0 saturated heterocycles. The lowest BCUT2D eigenvalue weighted by atomic mass is 10.2. The first-order valence-electron chi connectivity index (χ1n) is 8.11. The van der Waals surface area contributed by atoms with E-state index in [4.69, 9.17) is 39.2 Å². The predicted octanol–water partition coefficient (Wildman–Crippen LogP) is 6.18. The first kappa shape index (κ1) is 20.8. The van der Waals surface area contributed by atoms with Crippen molar-refractivity contribution in [2.75, 3.05) is 0 Å². The molecule has 3 heterocycles. The van der Waals surface area contributed by atoms with Crippen molar-refractivity contribution in [2.45, 2.75) is 13.8 Å². The van der Waals surface area contributed by atoms with Crippen LogP contribution in [0.1, 0.15) is 13.8 Å². The fourth-order valence-electron chi connectivity index (χ4n) is 2.41. The molecule has 144 valence electrons. The van der Waals surface area contributed by atoms with Gasteiger partial charge in [-0.25, -0.2) is 19.4 Å². The van der Waals surface area contributed by atoms with Gasteiger partial charge in [0.05, 0.1) is 15.4 Å². The molecule has 10 heteroatoms. The lowest BCUT2D eigenvalue weighted by Crippen LogP contribution is -2.07. The van der Waals surface area contributed by atoms with Gasteiger partial charge in [-0.3, -0.25) is 0 Å². The molecule has 0 spiro atoms. The van der Waals surface area contributed by atoms with Crippen LogP contribution in [-0.4, -0.2) is 19.7 Å². The minimum Gasteiger partial charge on any atom is -0.401 e. The molecule has 4 rings (SSSR count). The molecular weight excluding hydrogens is 490 g/mol. The molecule has 0 aliphatic rings. The van der Waals surface area contributed by atoms with E-state index >= 15 is 0 Å². The number of rotatable bonds is 2. The molecule has 0 aliphatic heterocycles. The Kier molecular flexibility index (Phi) is 6.40. The first-order chi connectivity index (χ1) is 13.4. The maximum Gasteiger partial charge on any atom is 0.347 e. The van der Waals surface area contributed by atoms with Gasteiger partial charge in [0, 0.05) is 17.3 Å². The quantitative estimate of drug-likeness (QED) is 0.327. The average Bonchev–Trinajstić information content (AvgIpc) is 3.06. The summed E-state index contributed by atoms with van der Waals surface area (Å²) in [5.74, 6) is 0.383. The second-order valence-corrected chi connectivity index (χ2v) is 7.23. The van der Waals surface area contributed by atoms with Crippen LogP contribution in [0.3, 0.4) is 0 Å². The van der Waals surface area contributed by atoms with E-state index in [2.05, 4.69) is 31.0 Å². The van der Waals surface area contributed by atoms with Crippen LogP contribution >= 0.6 is 50.7 Å². The van der Waals surface area contributed by atoms with Crippen LogP contribution in [0.5, 0.6) is 0 Å². The number of fused-ring (bicyclic) bond motifs is 1. The third kappa shape index (κ3) is 3.93. The molecule has 1 aromatic carbocycles. The highest BCUT2D eigenvalue weighted by Crippen LogP contribution is 2.30. The Labute approximate surface area is 183 Å². The number of hydrogen-bond donors (Lipinski definition) is 0. The second kappa shape index (κ2) is 8.61. The van der Waals surface area contributed by atoms with Crippen molar-refractivity contribution < 1.29 is 4.42 Å². The predicted molar refractivity (Wildman–Crippen MR) is 115 cm³/mol. The SMILES string of the molecule is CC.O=c1oc(-c2cc(Br)nn2-c2ncccc2Cl)nc2c(Cl)cc(Cl)cc12. The summed E-state index contributed by atoms with van der Waals surface area (Å²) in [6, 6.07) is 7.96. The molecule has 6 nitrogen and oxygen atoms in total. The molecule has 0 bridgehead atoms. The molecule has 0 aliphatic carbocycles. The van der Waals surface area contributed by atoms with Crippen molar-refractivity contribution in [2.24, 2.45) is 0 Å². The molecule has 0 radical (unpaired) electrons. The normalized spacial score (nSPS) is 10.6. The highest BCUT2D eigenvalue weighted by molar-refractivity contribution is 9.10. The maximum atomic E-state index is 12.4. The Hall–Kier alpha value is -1.93. The van der Waals surface area contributed by atoms with Gasteiger partial charge in [0.25, 0.3) is 0 Å². The van der Waals surface area contributed by atoms with Crippen molar-refractivity contribution in [1.82, 2.24) is 19.7 Å². The zero-order chi connectivity index (χ0) is 20.4. The van der Waals surface area contributed by atoms with E-state index in [1.807, 2.05) is 13.8 Å². The van der Waals surface area contributed by atoms with E-state index in [1.165, 1.54) is 16.8 Å². The fraction of sp³-hybridized carbons (Fsp3) is 0.111. The zero-order valence-corrected chi connectivity index (χ0v) is 18.4. The molecule has 0 fully saturated rings. The lowest BCUT2D eigenvalue weighted by Gasteiger charge is -2.07. The van der Waals surface area contributed by atoms with Gasteiger partial charge >= 0.3 is 5.63 Å². The van der Waals surface area contributed by atoms with Gasteiger partial charge in [0.1, 0.15) is 15.8 Å². The number of pyridine rings is 1. The van der Waals surface area contributed by atoms with Crippen molar-refractivity contribution in [3.05, 3.63) is 66.6 Å². The summed E-state index contributed by atoms with van der Waals surface area (Å²) in [4.78, 5) is 21.0. The van der Waals surface area contributed by atoms with Gasteiger partial charge < -0.3 is 4.42 Å². The van der Waals surface area contributed by atoms with Crippen molar-refractivity contribution in [3.63, 3.8) is 0 Å². The summed E-state index contributed by atoms with van der Waals surface area (Å²) in [7, 11) is 0. The number of nitrogens with zero attached hydrogens (tertiary/aromatic N) is 4. The fourth-order valence-corrected chi connectivity index (χ4v) is 3.52. The van der Waals surface area contributed by atoms with E-state index in [0.717, 1.165) is 0 Å².